The smallest absolute Gasteiger partial charge is 0.321 e. The summed E-state index contributed by atoms with van der Waals surface area (Å²) in [4.78, 5) is 22.8. The average Bonchev–Trinajstić information content (AvgIpc) is 2.56. The van der Waals surface area contributed by atoms with Crippen molar-refractivity contribution in [1.82, 2.24) is 10.6 Å². The van der Waals surface area contributed by atoms with Crippen LogP contribution in [0.3, 0.4) is 0 Å². The first-order chi connectivity index (χ1) is 11.5. The number of benzene rings is 2. The van der Waals surface area contributed by atoms with Gasteiger partial charge in [-0.3, -0.25) is 10.1 Å². The molecule has 0 aliphatic rings. The highest BCUT2D eigenvalue weighted by Gasteiger charge is 2.10. The summed E-state index contributed by atoms with van der Waals surface area (Å²) < 4.78 is 5.82. The van der Waals surface area contributed by atoms with Gasteiger partial charge in [-0.05, 0) is 37.3 Å². The molecule has 3 amide bonds. The lowest BCUT2D eigenvalue weighted by molar-refractivity contribution is -0.118. The molecule has 0 heterocycles. The van der Waals surface area contributed by atoms with E-state index in [1.165, 1.54) is 7.05 Å². The Balaban J connectivity index is 2.08. The summed E-state index contributed by atoms with van der Waals surface area (Å²) in [7, 11) is 1.43. The average molecular weight is 348 g/mol. The summed E-state index contributed by atoms with van der Waals surface area (Å²) in [5.41, 5.74) is 1.68. The second kappa shape index (κ2) is 8.21. The summed E-state index contributed by atoms with van der Waals surface area (Å²) in [5, 5.41) is 7.89. The Labute approximate surface area is 145 Å². The van der Waals surface area contributed by atoms with Gasteiger partial charge in [-0.2, -0.15) is 0 Å². The van der Waals surface area contributed by atoms with Gasteiger partial charge in [0, 0.05) is 12.1 Å². The summed E-state index contributed by atoms with van der Waals surface area (Å²) in [5.74, 6) is 0.715. The Kier molecular flexibility index (Phi) is 6.03. The number of anilines is 1. The molecule has 0 saturated carbocycles. The fourth-order valence-electron chi connectivity index (χ4n) is 1.87. The van der Waals surface area contributed by atoms with Crippen LogP contribution in [0.4, 0.5) is 10.5 Å². The van der Waals surface area contributed by atoms with E-state index in [1.807, 2.05) is 31.2 Å². The van der Waals surface area contributed by atoms with Crippen LogP contribution in [0.1, 0.15) is 5.56 Å². The minimum atomic E-state index is -0.566. The molecular weight excluding hydrogens is 330 g/mol. The summed E-state index contributed by atoms with van der Waals surface area (Å²) in [6.07, 6.45) is 0. The van der Waals surface area contributed by atoms with Gasteiger partial charge in [0.1, 0.15) is 5.75 Å². The summed E-state index contributed by atoms with van der Waals surface area (Å²) in [6, 6.07) is 12.1. The van der Waals surface area contributed by atoms with Crippen LogP contribution >= 0.6 is 11.6 Å². The van der Waals surface area contributed by atoms with E-state index in [0.717, 1.165) is 5.56 Å². The van der Waals surface area contributed by atoms with Crippen LogP contribution < -0.4 is 20.7 Å². The maximum Gasteiger partial charge on any atom is 0.321 e. The van der Waals surface area contributed by atoms with Gasteiger partial charge in [-0.25, -0.2) is 4.79 Å². The number of amides is 3. The molecule has 2 aromatic carbocycles. The van der Waals surface area contributed by atoms with E-state index in [1.54, 1.807) is 18.2 Å². The summed E-state index contributed by atoms with van der Waals surface area (Å²) in [6.45, 7) is 1.89. The van der Waals surface area contributed by atoms with Crippen molar-refractivity contribution in [2.24, 2.45) is 0 Å². The number of halogens is 1. The minimum Gasteiger partial charge on any atom is -0.455 e. The quantitative estimate of drug-likeness (QED) is 0.775. The number of carbonyl (C=O) groups excluding carboxylic acids is 2. The first kappa shape index (κ1) is 17.6. The van der Waals surface area contributed by atoms with Gasteiger partial charge in [-0.15, -0.1) is 0 Å². The first-order valence-electron chi connectivity index (χ1n) is 7.27. The van der Waals surface area contributed by atoms with E-state index in [2.05, 4.69) is 16.0 Å². The van der Waals surface area contributed by atoms with E-state index in [-0.39, 0.29) is 6.54 Å². The zero-order valence-corrected chi connectivity index (χ0v) is 14.1. The van der Waals surface area contributed by atoms with Gasteiger partial charge in [-0.1, -0.05) is 29.3 Å². The molecule has 0 saturated heterocycles. The topological polar surface area (TPSA) is 79.5 Å². The molecule has 0 aliphatic carbocycles. The molecule has 0 aliphatic heterocycles. The fraction of sp³-hybridized carbons (Fsp3) is 0.176. The zero-order valence-electron chi connectivity index (χ0n) is 13.4. The monoisotopic (exact) mass is 347 g/mol. The highest BCUT2D eigenvalue weighted by molar-refractivity contribution is 6.31. The molecule has 2 rings (SSSR count). The van der Waals surface area contributed by atoms with Crippen molar-refractivity contribution in [2.75, 3.05) is 18.9 Å². The standard InChI is InChI=1S/C17H18ClN3O3/c1-11-3-6-13(7-4-11)24-15-8-5-12(18)9-14(15)20-10-16(22)21-17(23)19-2/h3-9,20H,10H2,1-2H3,(H2,19,21,22,23). The predicted molar refractivity (Wildman–Crippen MR) is 93.8 cm³/mol. The lowest BCUT2D eigenvalue weighted by Crippen LogP contribution is -2.40. The normalized spacial score (nSPS) is 9.96. The molecule has 0 spiro atoms. The molecule has 0 unspecified atom stereocenters. The van der Waals surface area contributed by atoms with Gasteiger partial charge in [0.15, 0.2) is 5.75 Å². The van der Waals surface area contributed by atoms with E-state index < -0.39 is 11.9 Å². The summed E-state index contributed by atoms with van der Waals surface area (Å²) >= 11 is 6.00. The van der Waals surface area contributed by atoms with Crippen LogP contribution in [0.25, 0.3) is 0 Å². The second-order valence-electron chi connectivity index (χ2n) is 5.04. The Morgan fingerprint density at radius 3 is 2.50 bits per heavy atom. The number of imide groups is 1. The van der Waals surface area contributed by atoms with Crippen LogP contribution in [-0.4, -0.2) is 25.5 Å². The number of nitrogens with one attached hydrogen (secondary N) is 3. The molecule has 126 valence electrons. The van der Waals surface area contributed by atoms with E-state index >= 15 is 0 Å². The third-order valence-corrected chi connectivity index (χ3v) is 3.34. The third kappa shape index (κ3) is 5.17. The van der Waals surface area contributed by atoms with Crippen molar-refractivity contribution in [3.05, 3.63) is 53.1 Å². The molecule has 2 aromatic rings. The van der Waals surface area contributed by atoms with Crippen LogP contribution in [0.15, 0.2) is 42.5 Å². The largest absolute Gasteiger partial charge is 0.455 e. The van der Waals surface area contributed by atoms with Crippen molar-refractivity contribution >= 4 is 29.2 Å². The number of ether oxygens (including phenoxy) is 1. The zero-order chi connectivity index (χ0) is 17.5. The molecule has 7 heteroatoms. The molecule has 3 N–H and O–H groups in total. The molecule has 6 nitrogen and oxygen atoms in total. The van der Waals surface area contributed by atoms with Crippen molar-refractivity contribution in [1.29, 1.82) is 0 Å². The second-order valence-corrected chi connectivity index (χ2v) is 5.47. The number of hydrogen-bond acceptors (Lipinski definition) is 4. The van der Waals surface area contributed by atoms with Gasteiger partial charge in [0.25, 0.3) is 0 Å². The number of rotatable bonds is 5. The molecular formula is C17H18ClN3O3. The SMILES string of the molecule is CNC(=O)NC(=O)CNc1cc(Cl)ccc1Oc1ccc(C)cc1. The van der Waals surface area contributed by atoms with Gasteiger partial charge < -0.3 is 15.4 Å². The van der Waals surface area contributed by atoms with Gasteiger partial charge in [0.2, 0.25) is 5.91 Å². The Bertz CT molecular complexity index is 732. The van der Waals surface area contributed by atoms with E-state index in [4.69, 9.17) is 16.3 Å². The molecule has 0 aromatic heterocycles. The first-order valence-corrected chi connectivity index (χ1v) is 7.65. The number of hydrogen-bond donors (Lipinski definition) is 3. The number of urea groups is 1. The van der Waals surface area contributed by atoms with Gasteiger partial charge in [0.05, 0.1) is 12.2 Å². The highest BCUT2D eigenvalue weighted by Crippen LogP contribution is 2.32. The Hall–Kier alpha value is -2.73. The maximum absolute atomic E-state index is 11.7. The maximum atomic E-state index is 11.7. The molecule has 24 heavy (non-hydrogen) atoms. The van der Waals surface area contributed by atoms with Crippen molar-refractivity contribution < 1.29 is 14.3 Å². The lowest BCUT2D eigenvalue weighted by atomic mass is 10.2. The van der Waals surface area contributed by atoms with E-state index in [9.17, 15) is 9.59 Å². The molecule has 0 atom stereocenters. The third-order valence-electron chi connectivity index (χ3n) is 3.11. The van der Waals surface area contributed by atoms with Crippen molar-refractivity contribution in [3.63, 3.8) is 0 Å². The molecule has 0 bridgehead atoms. The number of aryl methyl sites for hydroxylation is 1. The van der Waals surface area contributed by atoms with Crippen molar-refractivity contribution in [3.8, 4) is 11.5 Å². The van der Waals surface area contributed by atoms with Crippen LogP contribution in [0.5, 0.6) is 11.5 Å². The predicted octanol–water partition coefficient (Wildman–Crippen LogP) is 3.31. The minimum absolute atomic E-state index is 0.0992. The highest BCUT2D eigenvalue weighted by atomic mass is 35.5. The Morgan fingerprint density at radius 1 is 1.12 bits per heavy atom. The lowest BCUT2D eigenvalue weighted by Gasteiger charge is -2.13. The van der Waals surface area contributed by atoms with Crippen LogP contribution in [0.2, 0.25) is 5.02 Å². The fourth-order valence-corrected chi connectivity index (χ4v) is 2.04. The van der Waals surface area contributed by atoms with E-state index in [0.29, 0.717) is 22.2 Å². The van der Waals surface area contributed by atoms with Crippen LogP contribution in [0, 0.1) is 6.92 Å². The van der Waals surface area contributed by atoms with Gasteiger partial charge >= 0.3 is 6.03 Å². The van der Waals surface area contributed by atoms with Crippen LogP contribution in [-0.2, 0) is 4.79 Å². The van der Waals surface area contributed by atoms with Crippen molar-refractivity contribution in [2.45, 2.75) is 6.92 Å². The number of carbonyl (C=O) groups is 2. The molecule has 0 radical (unpaired) electrons. The molecule has 0 fully saturated rings. The Morgan fingerprint density at radius 2 is 1.83 bits per heavy atom.